The highest BCUT2D eigenvalue weighted by Gasteiger charge is 2.40. The zero-order chi connectivity index (χ0) is 25.5. The Hall–Kier alpha value is -2.76. The molecule has 0 bridgehead atoms. The van der Waals surface area contributed by atoms with E-state index in [9.17, 15) is 44.3 Å². The molecule has 0 radical (unpaired) electrons. The first-order valence-electron chi connectivity index (χ1n) is 9.96. The van der Waals surface area contributed by atoms with Crippen molar-refractivity contribution < 1.29 is 49.4 Å². The van der Waals surface area contributed by atoms with Gasteiger partial charge in [0, 0.05) is 25.6 Å². The predicted octanol–water partition coefficient (Wildman–Crippen LogP) is 6.78. The largest absolute Gasteiger partial charge is 0.481 e. The fourth-order valence-electron chi connectivity index (χ4n) is 4.21. The average Bonchev–Trinajstić information content (AvgIpc) is 3.07. The zero-order valence-electron chi connectivity index (χ0n) is 17.2. The molecule has 186 valence electrons. The standard InChI is InChI=1S/C22H18F9NO2/c23-20(24,25)15-3-1-13(2-4-15)18-7-12(8-19(33)34)10-32(18)11-14-9-16(21(26,27)28)5-6-17(14)22(29,30)31/h1-6,9,12,18H,7-8,10-11H2,(H,33,34)/t12-,18-/m0/s1. The molecule has 2 aromatic rings. The van der Waals surface area contributed by atoms with Gasteiger partial charge in [-0.3, -0.25) is 9.69 Å². The zero-order valence-corrected chi connectivity index (χ0v) is 17.2. The molecule has 2 aromatic carbocycles. The van der Waals surface area contributed by atoms with E-state index in [1.54, 1.807) is 0 Å². The van der Waals surface area contributed by atoms with Gasteiger partial charge < -0.3 is 5.11 Å². The Morgan fingerprint density at radius 3 is 1.91 bits per heavy atom. The molecule has 1 aliphatic heterocycles. The second kappa shape index (κ2) is 9.12. The molecule has 0 saturated carbocycles. The molecule has 12 heteroatoms. The number of alkyl halides is 9. The lowest BCUT2D eigenvalue weighted by Crippen LogP contribution is -2.26. The van der Waals surface area contributed by atoms with Crippen molar-refractivity contribution in [1.29, 1.82) is 0 Å². The molecule has 34 heavy (non-hydrogen) atoms. The molecule has 1 N–H and O–H groups in total. The maximum atomic E-state index is 13.5. The maximum absolute atomic E-state index is 13.5. The third kappa shape index (κ3) is 6.02. The first kappa shape index (κ1) is 25.9. The number of aliphatic carboxylic acids is 1. The van der Waals surface area contributed by atoms with E-state index < -0.39 is 65.3 Å². The summed E-state index contributed by atoms with van der Waals surface area (Å²) < 4.78 is 119. The van der Waals surface area contributed by atoms with Crippen LogP contribution in [0.3, 0.4) is 0 Å². The summed E-state index contributed by atoms with van der Waals surface area (Å²) in [5.41, 5.74) is -3.85. The summed E-state index contributed by atoms with van der Waals surface area (Å²) in [4.78, 5) is 12.5. The molecular weight excluding hydrogens is 481 g/mol. The molecule has 3 rings (SSSR count). The minimum absolute atomic E-state index is 0.0501. The average molecular weight is 499 g/mol. The van der Waals surface area contributed by atoms with Gasteiger partial charge >= 0.3 is 24.5 Å². The Kier molecular flexibility index (Phi) is 6.94. The van der Waals surface area contributed by atoms with Gasteiger partial charge in [0.2, 0.25) is 0 Å². The van der Waals surface area contributed by atoms with Crippen LogP contribution in [0.25, 0.3) is 0 Å². The first-order valence-corrected chi connectivity index (χ1v) is 9.96. The van der Waals surface area contributed by atoms with E-state index in [-0.39, 0.29) is 19.4 Å². The maximum Gasteiger partial charge on any atom is 0.416 e. The highest BCUT2D eigenvalue weighted by molar-refractivity contribution is 5.67. The van der Waals surface area contributed by atoms with E-state index in [1.165, 1.54) is 4.90 Å². The topological polar surface area (TPSA) is 40.5 Å². The SMILES string of the molecule is O=C(O)C[C@@H]1C[C@@H](c2ccc(C(F)(F)F)cc2)N(Cc2cc(C(F)(F)F)ccc2C(F)(F)F)C1. The summed E-state index contributed by atoms with van der Waals surface area (Å²) in [6.45, 7) is -0.647. The van der Waals surface area contributed by atoms with Crippen LogP contribution in [-0.4, -0.2) is 22.5 Å². The molecule has 1 saturated heterocycles. The number of halogens is 9. The summed E-state index contributed by atoms with van der Waals surface area (Å²) in [7, 11) is 0. The molecule has 1 heterocycles. The monoisotopic (exact) mass is 499 g/mol. The van der Waals surface area contributed by atoms with Crippen molar-refractivity contribution in [2.45, 2.75) is 44.0 Å². The van der Waals surface area contributed by atoms with Gasteiger partial charge in [0.05, 0.1) is 16.7 Å². The van der Waals surface area contributed by atoms with Gasteiger partial charge in [0.25, 0.3) is 0 Å². The van der Waals surface area contributed by atoms with Crippen LogP contribution in [0.4, 0.5) is 39.5 Å². The predicted molar refractivity (Wildman–Crippen MR) is 101 cm³/mol. The number of carboxylic acid groups (broad SMARTS) is 1. The number of hydrogen-bond donors (Lipinski definition) is 1. The van der Waals surface area contributed by atoms with Gasteiger partial charge in [0.15, 0.2) is 0 Å². The van der Waals surface area contributed by atoms with E-state index in [4.69, 9.17) is 5.11 Å². The Labute approximate surface area is 187 Å². The number of carboxylic acids is 1. The van der Waals surface area contributed by atoms with Crippen LogP contribution in [0.1, 0.15) is 46.7 Å². The molecule has 0 aromatic heterocycles. The quantitative estimate of drug-likeness (QED) is 0.461. The Morgan fingerprint density at radius 1 is 0.853 bits per heavy atom. The molecule has 0 spiro atoms. The highest BCUT2D eigenvalue weighted by atomic mass is 19.4. The van der Waals surface area contributed by atoms with Gasteiger partial charge in [-0.1, -0.05) is 12.1 Å². The third-order valence-electron chi connectivity index (χ3n) is 5.69. The van der Waals surface area contributed by atoms with Crippen molar-refractivity contribution in [2.75, 3.05) is 6.54 Å². The summed E-state index contributed by atoms with van der Waals surface area (Å²) in [6.07, 6.45) is -14.7. The Morgan fingerprint density at radius 2 is 1.41 bits per heavy atom. The van der Waals surface area contributed by atoms with E-state index in [1.807, 2.05) is 0 Å². The van der Waals surface area contributed by atoms with Crippen molar-refractivity contribution in [1.82, 2.24) is 4.90 Å². The summed E-state index contributed by atoms with van der Waals surface area (Å²) in [6, 6.07) is 4.17. The van der Waals surface area contributed by atoms with E-state index in [0.717, 1.165) is 24.3 Å². The van der Waals surface area contributed by atoms with Gasteiger partial charge in [-0.05, 0) is 53.8 Å². The number of rotatable bonds is 5. The molecule has 0 unspecified atom stereocenters. The number of hydrogen-bond acceptors (Lipinski definition) is 2. The molecule has 1 fully saturated rings. The summed E-state index contributed by atoms with van der Waals surface area (Å²) in [5, 5.41) is 9.09. The Bertz CT molecular complexity index is 1030. The summed E-state index contributed by atoms with van der Waals surface area (Å²) in [5.74, 6) is -1.72. The lowest BCUT2D eigenvalue weighted by atomic mass is 9.96. The Balaban J connectivity index is 1.99. The lowest BCUT2D eigenvalue weighted by Gasteiger charge is -2.27. The fourth-order valence-corrected chi connectivity index (χ4v) is 4.21. The molecule has 3 nitrogen and oxygen atoms in total. The van der Waals surface area contributed by atoms with Gasteiger partial charge in [0.1, 0.15) is 0 Å². The van der Waals surface area contributed by atoms with Crippen LogP contribution in [0.5, 0.6) is 0 Å². The number of benzene rings is 2. The third-order valence-corrected chi connectivity index (χ3v) is 5.69. The van der Waals surface area contributed by atoms with Crippen molar-refractivity contribution in [3.05, 3.63) is 70.3 Å². The smallest absolute Gasteiger partial charge is 0.416 e. The molecule has 2 atom stereocenters. The van der Waals surface area contributed by atoms with Crippen molar-refractivity contribution in [3.8, 4) is 0 Å². The normalized spacial score (nSPS) is 20.0. The van der Waals surface area contributed by atoms with Gasteiger partial charge in [-0.2, -0.15) is 39.5 Å². The van der Waals surface area contributed by atoms with Crippen molar-refractivity contribution in [2.24, 2.45) is 5.92 Å². The van der Waals surface area contributed by atoms with Crippen LogP contribution in [0, 0.1) is 5.92 Å². The van der Waals surface area contributed by atoms with Crippen molar-refractivity contribution in [3.63, 3.8) is 0 Å². The van der Waals surface area contributed by atoms with E-state index >= 15 is 0 Å². The molecule has 1 aliphatic rings. The minimum atomic E-state index is -4.94. The summed E-state index contributed by atoms with van der Waals surface area (Å²) >= 11 is 0. The van der Waals surface area contributed by atoms with Crippen LogP contribution in [-0.2, 0) is 29.9 Å². The number of carbonyl (C=O) groups is 1. The second-order valence-corrected chi connectivity index (χ2v) is 8.13. The molecular formula is C22H18F9NO2. The lowest BCUT2D eigenvalue weighted by molar-refractivity contribution is -0.142. The van der Waals surface area contributed by atoms with Crippen LogP contribution in [0.2, 0.25) is 0 Å². The van der Waals surface area contributed by atoms with E-state index in [2.05, 4.69) is 0 Å². The minimum Gasteiger partial charge on any atom is -0.481 e. The number of nitrogens with zero attached hydrogens (tertiary/aromatic N) is 1. The first-order chi connectivity index (χ1) is 15.6. The fraction of sp³-hybridized carbons (Fsp3) is 0.409. The van der Waals surface area contributed by atoms with Crippen molar-refractivity contribution >= 4 is 5.97 Å². The van der Waals surface area contributed by atoms with Gasteiger partial charge in [-0.25, -0.2) is 0 Å². The second-order valence-electron chi connectivity index (χ2n) is 8.13. The van der Waals surface area contributed by atoms with E-state index in [0.29, 0.717) is 23.8 Å². The van der Waals surface area contributed by atoms with Crippen LogP contribution >= 0.6 is 0 Å². The highest BCUT2D eigenvalue weighted by Crippen LogP contribution is 2.42. The molecule has 0 amide bonds. The molecule has 0 aliphatic carbocycles. The van der Waals surface area contributed by atoms with Gasteiger partial charge in [-0.15, -0.1) is 0 Å². The van der Waals surface area contributed by atoms with Crippen LogP contribution in [0.15, 0.2) is 42.5 Å². The van der Waals surface area contributed by atoms with Crippen LogP contribution < -0.4 is 0 Å². The number of likely N-dealkylation sites (tertiary alicyclic amines) is 1.